The Morgan fingerprint density at radius 2 is 2.05 bits per heavy atom. The lowest BCUT2D eigenvalue weighted by molar-refractivity contribution is 0.0948. The van der Waals surface area contributed by atoms with Crippen molar-refractivity contribution in [1.82, 2.24) is 20.2 Å². The van der Waals surface area contributed by atoms with Crippen molar-refractivity contribution in [2.75, 3.05) is 39.0 Å². The molecule has 1 aromatic rings. The molecule has 6 nitrogen and oxygen atoms in total. The van der Waals surface area contributed by atoms with Crippen LogP contribution in [-0.4, -0.2) is 54.5 Å². The van der Waals surface area contributed by atoms with Gasteiger partial charge in [-0.15, -0.1) is 0 Å². The first-order chi connectivity index (χ1) is 9.63. The lowest BCUT2D eigenvalue weighted by Gasteiger charge is -2.11. The molecular weight excluding hydrogens is 254 g/mol. The van der Waals surface area contributed by atoms with Crippen molar-refractivity contribution in [2.24, 2.45) is 0 Å². The predicted molar refractivity (Wildman–Crippen MR) is 80.9 cm³/mol. The first-order valence-electron chi connectivity index (χ1n) is 7.12. The van der Waals surface area contributed by atoms with Gasteiger partial charge < -0.3 is 15.5 Å². The quantitative estimate of drug-likeness (QED) is 0.668. The second-order valence-corrected chi connectivity index (χ2v) is 4.98. The minimum Gasteiger partial charge on any atom is -0.369 e. The molecule has 1 rings (SSSR count). The van der Waals surface area contributed by atoms with E-state index in [4.69, 9.17) is 0 Å². The third kappa shape index (κ3) is 6.47. The summed E-state index contributed by atoms with van der Waals surface area (Å²) in [7, 11) is 4.02. The number of anilines is 1. The summed E-state index contributed by atoms with van der Waals surface area (Å²) in [5, 5.41) is 6.04. The van der Waals surface area contributed by atoms with Crippen LogP contribution in [0, 0.1) is 0 Å². The van der Waals surface area contributed by atoms with Gasteiger partial charge in [0, 0.05) is 25.7 Å². The summed E-state index contributed by atoms with van der Waals surface area (Å²) < 4.78 is 0. The van der Waals surface area contributed by atoms with Crippen LogP contribution in [-0.2, 0) is 0 Å². The number of nitrogens with one attached hydrogen (secondary N) is 2. The average molecular weight is 279 g/mol. The molecule has 112 valence electrons. The van der Waals surface area contributed by atoms with E-state index in [0.717, 1.165) is 32.4 Å². The smallest absolute Gasteiger partial charge is 0.270 e. The van der Waals surface area contributed by atoms with Crippen LogP contribution in [0.15, 0.2) is 12.4 Å². The van der Waals surface area contributed by atoms with E-state index in [9.17, 15) is 4.79 Å². The molecule has 0 saturated carbocycles. The van der Waals surface area contributed by atoms with Crippen molar-refractivity contribution in [3.63, 3.8) is 0 Å². The van der Waals surface area contributed by atoms with Gasteiger partial charge in [0.05, 0.1) is 0 Å². The van der Waals surface area contributed by atoms with Gasteiger partial charge in [0.2, 0.25) is 0 Å². The number of likely N-dealkylation sites (N-methyl/N-ethyl adjacent to an activating group) is 1. The van der Waals surface area contributed by atoms with Crippen LogP contribution < -0.4 is 10.6 Å². The summed E-state index contributed by atoms with van der Waals surface area (Å²) in [4.78, 5) is 22.1. The van der Waals surface area contributed by atoms with E-state index < -0.39 is 0 Å². The van der Waals surface area contributed by atoms with Crippen LogP contribution >= 0.6 is 0 Å². The molecule has 0 unspecified atom stereocenters. The molecule has 0 atom stereocenters. The highest BCUT2D eigenvalue weighted by Gasteiger charge is 2.07. The van der Waals surface area contributed by atoms with Crippen LogP contribution in [0.4, 0.5) is 5.82 Å². The summed E-state index contributed by atoms with van der Waals surface area (Å²) in [6, 6.07) is 1.69. The average Bonchev–Trinajstić information content (AvgIpc) is 2.43. The third-order valence-corrected chi connectivity index (χ3v) is 2.83. The SMILES string of the molecule is CCCCCNC(=O)c1cc(NCCN(C)C)ncn1. The van der Waals surface area contributed by atoms with Gasteiger partial charge in [-0.2, -0.15) is 0 Å². The van der Waals surface area contributed by atoms with Crippen LogP contribution in [0.2, 0.25) is 0 Å². The molecule has 0 saturated heterocycles. The van der Waals surface area contributed by atoms with E-state index in [0.29, 0.717) is 18.1 Å². The maximum absolute atomic E-state index is 11.9. The molecule has 6 heteroatoms. The monoisotopic (exact) mass is 279 g/mol. The Morgan fingerprint density at radius 3 is 2.75 bits per heavy atom. The summed E-state index contributed by atoms with van der Waals surface area (Å²) in [6.45, 7) is 4.52. The van der Waals surface area contributed by atoms with Crippen LogP contribution in [0.3, 0.4) is 0 Å². The highest BCUT2D eigenvalue weighted by Crippen LogP contribution is 2.03. The zero-order chi connectivity index (χ0) is 14.8. The summed E-state index contributed by atoms with van der Waals surface area (Å²) in [5.41, 5.74) is 0.406. The van der Waals surface area contributed by atoms with Crippen LogP contribution in [0.25, 0.3) is 0 Å². The Balaban J connectivity index is 2.43. The Morgan fingerprint density at radius 1 is 1.25 bits per heavy atom. The number of aromatic nitrogens is 2. The molecule has 0 aromatic carbocycles. The van der Waals surface area contributed by atoms with E-state index in [1.807, 2.05) is 14.1 Å². The zero-order valence-corrected chi connectivity index (χ0v) is 12.6. The largest absolute Gasteiger partial charge is 0.369 e. The number of hydrogen-bond donors (Lipinski definition) is 2. The van der Waals surface area contributed by atoms with E-state index in [1.54, 1.807) is 6.07 Å². The van der Waals surface area contributed by atoms with Gasteiger partial charge in [-0.1, -0.05) is 19.8 Å². The number of rotatable bonds is 9. The number of amides is 1. The predicted octanol–water partition coefficient (Wildman–Crippen LogP) is 1.37. The second kappa shape index (κ2) is 9.25. The van der Waals surface area contributed by atoms with Gasteiger partial charge in [0.25, 0.3) is 5.91 Å². The third-order valence-electron chi connectivity index (χ3n) is 2.83. The first-order valence-corrected chi connectivity index (χ1v) is 7.12. The Kier molecular flexibility index (Phi) is 7.57. The number of carbonyl (C=O) groups is 1. The molecule has 0 aliphatic carbocycles. The zero-order valence-electron chi connectivity index (χ0n) is 12.6. The Hall–Kier alpha value is -1.69. The molecule has 0 aliphatic rings. The number of unbranched alkanes of at least 4 members (excludes halogenated alkanes) is 2. The Labute approximate surface area is 121 Å². The molecule has 1 aromatic heterocycles. The lowest BCUT2D eigenvalue weighted by Crippen LogP contribution is -2.26. The molecule has 0 fully saturated rings. The molecule has 1 heterocycles. The Bertz CT molecular complexity index is 408. The summed E-state index contributed by atoms with van der Waals surface area (Å²) in [5.74, 6) is 0.541. The summed E-state index contributed by atoms with van der Waals surface area (Å²) >= 11 is 0. The molecule has 0 spiro atoms. The molecule has 0 aliphatic heterocycles. The minimum absolute atomic E-state index is 0.140. The van der Waals surface area contributed by atoms with Gasteiger partial charge in [-0.3, -0.25) is 4.79 Å². The van der Waals surface area contributed by atoms with Gasteiger partial charge in [0.15, 0.2) is 0 Å². The van der Waals surface area contributed by atoms with Gasteiger partial charge in [0.1, 0.15) is 17.8 Å². The standard InChI is InChI=1S/C14H25N5O/c1-4-5-6-7-16-14(20)12-10-13(18-11-17-12)15-8-9-19(2)3/h10-11H,4-9H2,1-3H3,(H,16,20)(H,15,17,18). The molecule has 0 bridgehead atoms. The van der Waals surface area contributed by atoms with E-state index in [-0.39, 0.29) is 5.91 Å². The van der Waals surface area contributed by atoms with Gasteiger partial charge >= 0.3 is 0 Å². The maximum Gasteiger partial charge on any atom is 0.270 e. The topological polar surface area (TPSA) is 70.2 Å². The van der Waals surface area contributed by atoms with Crippen LogP contribution in [0.1, 0.15) is 36.7 Å². The van der Waals surface area contributed by atoms with Crippen molar-refractivity contribution in [1.29, 1.82) is 0 Å². The number of carbonyl (C=O) groups excluding carboxylic acids is 1. The van der Waals surface area contributed by atoms with E-state index >= 15 is 0 Å². The summed E-state index contributed by atoms with van der Waals surface area (Å²) in [6.07, 6.45) is 4.69. The van der Waals surface area contributed by atoms with E-state index in [1.165, 1.54) is 6.33 Å². The van der Waals surface area contributed by atoms with Crippen molar-refractivity contribution in [3.8, 4) is 0 Å². The molecule has 20 heavy (non-hydrogen) atoms. The number of hydrogen-bond acceptors (Lipinski definition) is 5. The van der Waals surface area contributed by atoms with Crippen LogP contribution in [0.5, 0.6) is 0 Å². The molecule has 0 radical (unpaired) electrons. The minimum atomic E-state index is -0.140. The normalized spacial score (nSPS) is 10.6. The fraction of sp³-hybridized carbons (Fsp3) is 0.643. The fourth-order valence-electron chi connectivity index (χ4n) is 1.65. The van der Waals surface area contributed by atoms with Gasteiger partial charge in [-0.25, -0.2) is 9.97 Å². The van der Waals surface area contributed by atoms with Crippen molar-refractivity contribution in [3.05, 3.63) is 18.1 Å². The van der Waals surface area contributed by atoms with E-state index in [2.05, 4.69) is 32.4 Å². The molecule has 2 N–H and O–H groups in total. The fourth-order valence-corrected chi connectivity index (χ4v) is 1.65. The highest BCUT2D eigenvalue weighted by molar-refractivity contribution is 5.92. The maximum atomic E-state index is 11.9. The van der Waals surface area contributed by atoms with Crippen molar-refractivity contribution < 1.29 is 4.79 Å². The molecule has 1 amide bonds. The molecular formula is C14H25N5O. The lowest BCUT2D eigenvalue weighted by atomic mass is 10.2. The van der Waals surface area contributed by atoms with Gasteiger partial charge in [-0.05, 0) is 20.5 Å². The number of nitrogens with zero attached hydrogens (tertiary/aromatic N) is 3. The van der Waals surface area contributed by atoms with Crippen molar-refractivity contribution in [2.45, 2.75) is 26.2 Å². The first kappa shape index (κ1) is 16.4. The van der Waals surface area contributed by atoms with Crippen molar-refractivity contribution >= 4 is 11.7 Å². The highest BCUT2D eigenvalue weighted by atomic mass is 16.1. The second-order valence-electron chi connectivity index (χ2n) is 4.98.